The smallest absolute Gasteiger partial charge is 0.342 e. The Morgan fingerprint density at radius 2 is 2.24 bits per heavy atom. The van der Waals surface area contributed by atoms with Crippen molar-refractivity contribution in [3.63, 3.8) is 0 Å². The van der Waals surface area contributed by atoms with Crippen LogP contribution in [0.4, 0.5) is 0 Å². The normalized spacial score (nSPS) is 10.8. The van der Waals surface area contributed by atoms with Crippen molar-refractivity contribution in [3.8, 4) is 0 Å². The maximum absolute atomic E-state index is 11.9. The van der Waals surface area contributed by atoms with Crippen LogP contribution in [-0.4, -0.2) is 12.6 Å². The molecule has 2 N–H and O–H groups in total. The molecule has 0 fully saturated rings. The van der Waals surface area contributed by atoms with Crippen molar-refractivity contribution in [2.45, 2.75) is 20.4 Å². The summed E-state index contributed by atoms with van der Waals surface area (Å²) in [4.78, 5) is 11.9. The third kappa shape index (κ3) is 2.03. The van der Waals surface area contributed by atoms with Gasteiger partial charge in [0.15, 0.2) is 0 Å². The van der Waals surface area contributed by atoms with Gasteiger partial charge in [-0.15, -0.1) is 0 Å². The van der Waals surface area contributed by atoms with Gasteiger partial charge in [-0.05, 0) is 25.5 Å². The first kappa shape index (κ1) is 11.7. The van der Waals surface area contributed by atoms with Crippen molar-refractivity contribution in [2.24, 2.45) is 5.73 Å². The second-order valence-corrected chi connectivity index (χ2v) is 3.81. The Labute approximate surface area is 99.3 Å². The molecule has 0 atom stereocenters. The van der Waals surface area contributed by atoms with Crippen molar-refractivity contribution in [2.75, 3.05) is 6.61 Å². The van der Waals surface area contributed by atoms with Gasteiger partial charge in [0.2, 0.25) is 0 Å². The summed E-state index contributed by atoms with van der Waals surface area (Å²) >= 11 is 0. The van der Waals surface area contributed by atoms with Gasteiger partial charge >= 0.3 is 5.97 Å². The highest BCUT2D eigenvalue weighted by Gasteiger charge is 2.17. The number of ether oxygens (including phenoxy) is 1. The van der Waals surface area contributed by atoms with Crippen LogP contribution in [0.25, 0.3) is 11.0 Å². The van der Waals surface area contributed by atoms with Crippen LogP contribution in [0.1, 0.15) is 28.6 Å². The summed E-state index contributed by atoms with van der Waals surface area (Å²) in [6.07, 6.45) is 0. The molecule has 0 radical (unpaired) electrons. The Bertz CT molecular complexity index is 557. The first-order chi connectivity index (χ1) is 8.17. The van der Waals surface area contributed by atoms with Crippen LogP contribution in [0.2, 0.25) is 0 Å². The first-order valence-electron chi connectivity index (χ1n) is 5.56. The Balaban J connectivity index is 2.62. The average molecular weight is 233 g/mol. The molecule has 90 valence electrons. The van der Waals surface area contributed by atoms with E-state index in [1.807, 2.05) is 25.1 Å². The molecule has 0 aliphatic carbocycles. The predicted octanol–water partition coefficient (Wildman–Crippen LogP) is 2.38. The van der Waals surface area contributed by atoms with Crippen molar-refractivity contribution >= 4 is 16.9 Å². The zero-order valence-corrected chi connectivity index (χ0v) is 9.95. The molecule has 0 bridgehead atoms. The molecule has 1 heterocycles. The Morgan fingerprint density at radius 1 is 1.47 bits per heavy atom. The summed E-state index contributed by atoms with van der Waals surface area (Å²) in [5.74, 6) is 0.310. The van der Waals surface area contributed by atoms with Gasteiger partial charge in [-0.1, -0.05) is 12.1 Å². The minimum atomic E-state index is -0.353. The maximum Gasteiger partial charge on any atom is 0.342 e. The number of carbonyl (C=O) groups is 1. The third-order valence-electron chi connectivity index (χ3n) is 2.63. The molecule has 2 aromatic rings. The number of nitrogens with two attached hydrogens (primary N) is 1. The Kier molecular flexibility index (Phi) is 3.15. The molecule has 0 aliphatic heterocycles. The highest BCUT2D eigenvalue weighted by molar-refractivity contribution is 6.03. The van der Waals surface area contributed by atoms with Gasteiger partial charge < -0.3 is 14.9 Å². The van der Waals surface area contributed by atoms with Crippen LogP contribution in [-0.2, 0) is 11.3 Å². The highest BCUT2D eigenvalue weighted by Crippen LogP contribution is 2.26. The van der Waals surface area contributed by atoms with Gasteiger partial charge in [0.25, 0.3) is 0 Å². The second kappa shape index (κ2) is 4.59. The summed E-state index contributed by atoms with van der Waals surface area (Å²) in [6, 6.07) is 5.64. The number of rotatable bonds is 3. The molecule has 1 aromatic heterocycles. The van der Waals surface area contributed by atoms with Crippen molar-refractivity contribution in [1.29, 1.82) is 0 Å². The lowest BCUT2D eigenvalue weighted by molar-refractivity contribution is 0.0526. The topological polar surface area (TPSA) is 65.5 Å². The van der Waals surface area contributed by atoms with Crippen molar-refractivity contribution in [3.05, 3.63) is 35.1 Å². The molecule has 0 saturated heterocycles. The SMILES string of the molecule is CCOC(=O)c1c(C)ccc2cc(CN)oc12. The van der Waals surface area contributed by atoms with Crippen LogP contribution >= 0.6 is 0 Å². The van der Waals surface area contributed by atoms with E-state index < -0.39 is 0 Å². The number of furan rings is 1. The Morgan fingerprint density at radius 3 is 2.88 bits per heavy atom. The Hall–Kier alpha value is -1.81. The van der Waals surface area contributed by atoms with E-state index in [0.717, 1.165) is 10.9 Å². The summed E-state index contributed by atoms with van der Waals surface area (Å²) in [5.41, 5.74) is 7.42. The lowest BCUT2D eigenvalue weighted by atomic mass is 10.1. The zero-order chi connectivity index (χ0) is 12.4. The lowest BCUT2D eigenvalue weighted by Crippen LogP contribution is -2.07. The fourth-order valence-electron chi connectivity index (χ4n) is 1.81. The molecule has 0 amide bonds. The molecular weight excluding hydrogens is 218 g/mol. The van der Waals surface area contributed by atoms with Gasteiger partial charge in [-0.2, -0.15) is 0 Å². The summed E-state index contributed by atoms with van der Waals surface area (Å²) in [7, 11) is 0. The van der Waals surface area contributed by atoms with Gasteiger partial charge in [0.1, 0.15) is 16.9 Å². The molecule has 0 spiro atoms. The van der Waals surface area contributed by atoms with Gasteiger partial charge in [-0.25, -0.2) is 4.79 Å². The predicted molar refractivity (Wildman–Crippen MR) is 64.8 cm³/mol. The number of benzene rings is 1. The molecule has 17 heavy (non-hydrogen) atoms. The standard InChI is InChI=1S/C13H15NO3/c1-3-16-13(15)11-8(2)4-5-9-6-10(7-14)17-12(9)11/h4-6H,3,7,14H2,1-2H3. The van der Waals surface area contributed by atoms with E-state index in [-0.39, 0.29) is 5.97 Å². The minimum absolute atomic E-state index is 0.315. The first-order valence-corrected chi connectivity index (χ1v) is 5.56. The number of hydrogen-bond donors (Lipinski definition) is 1. The van der Waals surface area contributed by atoms with Crippen molar-refractivity contribution in [1.82, 2.24) is 0 Å². The quantitative estimate of drug-likeness (QED) is 0.826. The number of aryl methyl sites for hydroxylation is 1. The number of fused-ring (bicyclic) bond motifs is 1. The largest absolute Gasteiger partial charge is 0.462 e. The van der Waals surface area contributed by atoms with E-state index in [0.29, 0.717) is 30.1 Å². The van der Waals surface area contributed by atoms with E-state index in [9.17, 15) is 4.79 Å². The van der Waals surface area contributed by atoms with Gasteiger partial charge in [0.05, 0.1) is 13.2 Å². The fraction of sp³-hybridized carbons (Fsp3) is 0.308. The van der Waals surface area contributed by atoms with Crippen LogP contribution in [0, 0.1) is 6.92 Å². The van der Waals surface area contributed by atoms with Crippen LogP contribution < -0.4 is 5.73 Å². The molecule has 0 saturated carbocycles. The lowest BCUT2D eigenvalue weighted by Gasteiger charge is -2.05. The highest BCUT2D eigenvalue weighted by atomic mass is 16.5. The van der Waals surface area contributed by atoms with E-state index >= 15 is 0 Å². The minimum Gasteiger partial charge on any atom is -0.462 e. The van der Waals surface area contributed by atoms with E-state index in [1.54, 1.807) is 6.92 Å². The number of carbonyl (C=O) groups excluding carboxylic acids is 1. The molecule has 4 nitrogen and oxygen atoms in total. The monoisotopic (exact) mass is 233 g/mol. The van der Waals surface area contributed by atoms with E-state index in [4.69, 9.17) is 14.9 Å². The molecule has 0 aliphatic rings. The molecule has 2 rings (SSSR count). The summed E-state index contributed by atoms with van der Waals surface area (Å²) in [6.45, 7) is 4.30. The van der Waals surface area contributed by atoms with E-state index in [2.05, 4.69) is 0 Å². The molecular formula is C13H15NO3. The zero-order valence-electron chi connectivity index (χ0n) is 9.95. The van der Waals surface area contributed by atoms with E-state index in [1.165, 1.54) is 0 Å². The maximum atomic E-state index is 11.9. The number of esters is 1. The third-order valence-corrected chi connectivity index (χ3v) is 2.63. The van der Waals surface area contributed by atoms with Crippen LogP contribution in [0.15, 0.2) is 22.6 Å². The fourth-order valence-corrected chi connectivity index (χ4v) is 1.81. The summed E-state index contributed by atoms with van der Waals surface area (Å²) in [5, 5.41) is 0.874. The number of hydrogen-bond acceptors (Lipinski definition) is 4. The molecule has 1 aromatic carbocycles. The molecule has 0 unspecified atom stereocenters. The van der Waals surface area contributed by atoms with Crippen LogP contribution in [0.5, 0.6) is 0 Å². The van der Waals surface area contributed by atoms with Crippen LogP contribution in [0.3, 0.4) is 0 Å². The van der Waals surface area contributed by atoms with Gasteiger partial charge in [0, 0.05) is 5.39 Å². The van der Waals surface area contributed by atoms with Gasteiger partial charge in [-0.3, -0.25) is 0 Å². The van der Waals surface area contributed by atoms with Crippen molar-refractivity contribution < 1.29 is 13.9 Å². The second-order valence-electron chi connectivity index (χ2n) is 3.81. The average Bonchev–Trinajstić information content (AvgIpc) is 2.71. The molecule has 4 heteroatoms. The summed E-state index contributed by atoms with van der Waals surface area (Å²) < 4.78 is 10.6.